The third-order valence-electron chi connectivity index (χ3n) is 4.38. The van der Waals surface area contributed by atoms with E-state index in [0.717, 1.165) is 27.1 Å². The molecule has 0 fully saturated rings. The van der Waals surface area contributed by atoms with Crippen molar-refractivity contribution in [3.05, 3.63) is 77.6 Å². The summed E-state index contributed by atoms with van der Waals surface area (Å²) in [4.78, 5) is 14.3. The standard InChI is InChI=1S/C21H21N7S/c1-14-15(2)29-21(25-14)26-19-18(22)20(24-13-23-19)27-28(16-9-5-3-6-10-16)17-11-7-4-8-12-17/h3-13H,22H2,1-2H3,(H2,23,24,25,26,27). The quantitative estimate of drug-likeness (QED) is 0.388. The zero-order valence-corrected chi connectivity index (χ0v) is 16.9. The minimum atomic E-state index is 0.412. The van der Waals surface area contributed by atoms with Crippen molar-refractivity contribution in [3.63, 3.8) is 0 Å². The molecule has 0 aliphatic carbocycles. The molecule has 4 rings (SSSR count). The number of nitrogens with two attached hydrogens (primary N) is 1. The van der Waals surface area contributed by atoms with Crippen molar-refractivity contribution >= 4 is 45.2 Å². The summed E-state index contributed by atoms with van der Waals surface area (Å²) < 4.78 is 0. The van der Waals surface area contributed by atoms with Crippen LogP contribution in [0.25, 0.3) is 0 Å². The molecular weight excluding hydrogens is 382 g/mol. The fourth-order valence-electron chi connectivity index (χ4n) is 2.75. The van der Waals surface area contributed by atoms with Crippen LogP contribution in [-0.2, 0) is 0 Å². The van der Waals surface area contributed by atoms with E-state index in [2.05, 4.69) is 25.7 Å². The lowest BCUT2D eigenvalue weighted by Crippen LogP contribution is -2.26. The van der Waals surface area contributed by atoms with E-state index in [0.29, 0.717) is 17.3 Å². The number of aromatic nitrogens is 3. The van der Waals surface area contributed by atoms with E-state index in [1.165, 1.54) is 6.33 Å². The van der Waals surface area contributed by atoms with Crippen molar-refractivity contribution in [2.24, 2.45) is 0 Å². The third kappa shape index (κ3) is 4.12. The number of benzene rings is 2. The number of rotatable bonds is 6. The molecule has 0 saturated heterocycles. The van der Waals surface area contributed by atoms with E-state index in [-0.39, 0.29) is 0 Å². The molecular formula is C21H21N7S. The first-order valence-electron chi connectivity index (χ1n) is 9.10. The maximum Gasteiger partial charge on any atom is 0.188 e. The molecule has 0 amide bonds. The minimum absolute atomic E-state index is 0.412. The number of anilines is 6. The van der Waals surface area contributed by atoms with Crippen molar-refractivity contribution in [1.29, 1.82) is 0 Å². The second kappa shape index (κ2) is 8.15. The summed E-state index contributed by atoms with van der Waals surface area (Å²) in [5, 5.41) is 5.88. The molecule has 0 radical (unpaired) electrons. The number of nitrogen functional groups attached to an aromatic ring is 1. The highest BCUT2D eigenvalue weighted by molar-refractivity contribution is 7.15. The second-order valence-electron chi connectivity index (χ2n) is 6.39. The van der Waals surface area contributed by atoms with Crippen LogP contribution in [0.3, 0.4) is 0 Å². The maximum absolute atomic E-state index is 6.38. The molecule has 0 atom stereocenters. The molecule has 146 valence electrons. The van der Waals surface area contributed by atoms with Crippen LogP contribution in [0, 0.1) is 13.8 Å². The Hall–Kier alpha value is -3.65. The lowest BCUT2D eigenvalue weighted by molar-refractivity contribution is 1.09. The van der Waals surface area contributed by atoms with E-state index in [4.69, 9.17) is 5.73 Å². The van der Waals surface area contributed by atoms with Gasteiger partial charge < -0.3 is 11.1 Å². The van der Waals surface area contributed by atoms with Crippen LogP contribution >= 0.6 is 11.3 Å². The van der Waals surface area contributed by atoms with Gasteiger partial charge in [-0.05, 0) is 38.1 Å². The number of thiazole rings is 1. The molecule has 0 saturated carbocycles. The first-order valence-corrected chi connectivity index (χ1v) is 9.92. The summed E-state index contributed by atoms with van der Waals surface area (Å²) >= 11 is 1.56. The molecule has 0 aliphatic rings. The Kier molecular flexibility index (Phi) is 5.26. The highest BCUT2D eigenvalue weighted by atomic mass is 32.1. The lowest BCUT2D eigenvalue weighted by Gasteiger charge is -2.26. The van der Waals surface area contributed by atoms with E-state index in [1.807, 2.05) is 79.5 Å². The molecule has 0 spiro atoms. The second-order valence-corrected chi connectivity index (χ2v) is 7.59. The molecule has 29 heavy (non-hydrogen) atoms. The minimum Gasteiger partial charge on any atom is -0.393 e. The van der Waals surface area contributed by atoms with E-state index >= 15 is 0 Å². The Balaban J connectivity index is 1.66. The first-order chi connectivity index (χ1) is 14.1. The first kappa shape index (κ1) is 18.7. The van der Waals surface area contributed by atoms with Crippen molar-refractivity contribution in [2.75, 3.05) is 21.5 Å². The number of hydrogen-bond donors (Lipinski definition) is 3. The summed E-state index contributed by atoms with van der Waals surface area (Å²) in [6.07, 6.45) is 1.47. The van der Waals surface area contributed by atoms with Crippen LogP contribution < -0.4 is 21.5 Å². The van der Waals surface area contributed by atoms with Gasteiger partial charge in [0.15, 0.2) is 16.8 Å². The SMILES string of the molecule is Cc1nc(Nc2ncnc(NN(c3ccccc3)c3ccccc3)c2N)sc1C. The smallest absolute Gasteiger partial charge is 0.188 e. The fourth-order valence-corrected chi connectivity index (χ4v) is 3.56. The average molecular weight is 404 g/mol. The molecule has 0 bridgehead atoms. The van der Waals surface area contributed by atoms with Crippen LogP contribution in [0.5, 0.6) is 0 Å². The summed E-state index contributed by atoms with van der Waals surface area (Å²) in [5.74, 6) is 1.01. The molecule has 4 N–H and O–H groups in total. The Morgan fingerprint density at radius 2 is 1.45 bits per heavy atom. The van der Waals surface area contributed by atoms with Crippen molar-refractivity contribution in [1.82, 2.24) is 15.0 Å². The monoisotopic (exact) mass is 403 g/mol. The Labute approximate surface area is 173 Å². The van der Waals surface area contributed by atoms with E-state index in [9.17, 15) is 0 Å². The van der Waals surface area contributed by atoms with Crippen LogP contribution in [0.2, 0.25) is 0 Å². The molecule has 0 aliphatic heterocycles. The molecule has 2 heterocycles. The molecule has 4 aromatic rings. The van der Waals surface area contributed by atoms with Crippen molar-refractivity contribution < 1.29 is 0 Å². The van der Waals surface area contributed by atoms with E-state index in [1.54, 1.807) is 11.3 Å². The number of aryl methyl sites for hydroxylation is 2. The summed E-state index contributed by atoms with van der Waals surface area (Å²) in [6, 6.07) is 19.9. The Morgan fingerprint density at radius 1 is 0.862 bits per heavy atom. The summed E-state index contributed by atoms with van der Waals surface area (Å²) in [7, 11) is 0. The fraction of sp³-hybridized carbons (Fsp3) is 0.0952. The highest BCUT2D eigenvalue weighted by Gasteiger charge is 2.15. The normalized spacial score (nSPS) is 10.6. The van der Waals surface area contributed by atoms with Crippen molar-refractivity contribution in [3.8, 4) is 0 Å². The zero-order chi connectivity index (χ0) is 20.2. The predicted molar refractivity (Wildman–Crippen MR) is 120 cm³/mol. The number of hydrazine groups is 1. The van der Waals surface area contributed by atoms with Gasteiger partial charge >= 0.3 is 0 Å². The summed E-state index contributed by atoms with van der Waals surface area (Å²) in [6.45, 7) is 4.01. The van der Waals surface area contributed by atoms with Gasteiger partial charge in [0, 0.05) is 4.88 Å². The Morgan fingerprint density at radius 3 is 2.00 bits per heavy atom. The molecule has 2 aromatic carbocycles. The van der Waals surface area contributed by atoms with Gasteiger partial charge in [-0.25, -0.2) is 15.0 Å². The van der Waals surface area contributed by atoms with Gasteiger partial charge in [-0.15, -0.1) is 11.3 Å². The van der Waals surface area contributed by atoms with Crippen LogP contribution in [-0.4, -0.2) is 15.0 Å². The van der Waals surface area contributed by atoms with Gasteiger partial charge in [-0.3, -0.25) is 10.4 Å². The van der Waals surface area contributed by atoms with Gasteiger partial charge in [0.1, 0.15) is 12.0 Å². The zero-order valence-electron chi connectivity index (χ0n) is 16.1. The largest absolute Gasteiger partial charge is 0.393 e. The van der Waals surface area contributed by atoms with Gasteiger partial charge in [0.25, 0.3) is 0 Å². The average Bonchev–Trinajstić information content (AvgIpc) is 3.07. The topological polar surface area (TPSA) is 92.0 Å². The lowest BCUT2D eigenvalue weighted by atomic mass is 10.2. The van der Waals surface area contributed by atoms with Crippen LogP contribution in [0.15, 0.2) is 67.0 Å². The maximum atomic E-state index is 6.38. The highest BCUT2D eigenvalue weighted by Crippen LogP contribution is 2.31. The van der Waals surface area contributed by atoms with E-state index < -0.39 is 0 Å². The molecule has 2 aromatic heterocycles. The Bertz CT molecular complexity index is 1040. The molecule has 7 nitrogen and oxygen atoms in total. The number of para-hydroxylation sites is 2. The number of hydrogen-bond acceptors (Lipinski definition) is 8. The summed E-state index contributed by atoms with van der Waals surface area (Å²) in [5.41, 5.74) is 13.0. The number of nitrogens with one attached hydrogen (secondary N) is 2. The van der Waals surface area contributed by atoms with Crippen LogP contribution in [0.4, 0.5) is 33.8 Å². The predicted octanol–water partition coefficient (Wildman–Crippen LogP) is 5.04. The van der Waals surface area contributed by atoms with Gasteiger partial charge in [-0.1, -0.05) is 36.4 Å². The van der Waals surface area contributed by atoms with Crippen LogP contribution in [0.1, 0.15) is 10.6 Å². The molecule has 8 heteroatoms. The van der Waals surface area contributed by atoms with Gasteiger partial charge in [0.2, 0.25) is 0 Å². The van der Waals surface area contributed by atoms with Gasteiger partial charge in [0.05, 0.1) is 17.1 Å². The third-order valence-corrected chi connectivity index (χ3v) is 5.37. The van der Waals surface area contributed by atoms with Gasteiger partial charge in [-0.2, -0.15) is 0 Å². The number of nitrogens with zero attached hydrogens (tertiary/aromatic N) is 4. The van der Waals surface area contributed by atoms with Crippen molar-refractivity contribution in [2.45, 2.75) is 13.8 Å². The molecule has 0 unspecified atom stereocenters.